The van der Waals surface area contributed by atoms with Gasteiger partial charge in [0.15, 0.2) is 11.6 Å². The van der Waals surface area contributed by atoms with Crippen molar-refractivity contribution < 1.29 is 13.9 Å². The van der Waals surface area contributed by atoms with E-state index in [2.05, 4.69) is 4.74 Å². The molecule has 0 aliphatic carbocycles. The molecule has 1 aromatic rings. The van der Waals surface area contributed by atoms with E-state index in [0.717, 1.165) is 0 Å². The molecule has 1 rings (SSSR count). The smallest absolute Gasteiger partial charge is 0.341 e. The molecule has 13 heavy (non-hydrogen) atoms. The molecule has 0 unspecified atom stereocenters. The number of methoxy groups -OCH3 is 1. The fourth-order valence-corrected chi connectivity index (χ4v) is 0.927. The first-order chi connectivity index (χ1) is 6.06. The number of hydrogen-bond donors (Lipinski definition) is 2. The van der Waals surface area contributed by atoms with E-state index < -0.39 is 5.97 Å². The van der Waals surface area contributed by atoms with Gasteiger partial charge in [-0.15, -0.1) is 0 Å². The van der Waals surface area contributed by atoms with E-state index in [1.54, 1.807) is 6.92 Å². The Bertz CT molecular complexity index is 354. The van der Waals surface area contributed by atoms with Crippen LogP contribution >= 0.6 is 0 Å². The summed E-state index contributed by atoms with van der Waals surface area (Å²) in [5.74, 6) is -0.123. The average Bonchev–Trinajstić information content (AvgIpc) is 2.46. The zero-order valence-electron chi connectivity index (χ0n) is 7.38. The first kappa shape index (κ1) is 9.31. The summed E-state index contributed by atoms with van der Waals surface area (Å²) >= 11 is 0. The summed E-state index contributed by atoms with van der Waals surface area (Å²) in [5, 5.41) is 7.08. The summed E-state index contributed by atoms with van der Waals surface area (Å²) < 4.78 is 9.55. The molecule has 0 atom stereocenters. The van der Waals surface area contributed by atoms with Crippen molar-refractivity contribution in [3.63, 3.8) is 0 Å². The van der Waals surface area contributed by atoms with Gasteiger partial charge in [0.05, 0.1) is 7.11 Å². The largest absolute Gasteiger partial charge is 0.465 e. The Morgan fingerprint density at radius 3 is 2.69 bits per heavy atom. The zero-order chi connectivity index (χ0) is 10.0. The molecule has 1 aromatic heterocycles. The Balaban J connectivity index is 3.10. The highest BCUT2D eigenvalue weighted by Crippen LogP contribution is 2.14. The standard InChI is InChI=1S/C8H10N2O3/c1-4-5(8(11)12-2)3-6(13-4)7(9)10/h3H,1-2H3,(H3,9,10). The molecule has 0 aromatic carbocycles. The second-order valence-corrected chi connectivity index (χ2v) is 2.49. The second-order valence-electron chi connectivity index (χ2n) is 2.49. The van der Waals surface area contributed by atoms with Crippen LogP contribution < -0.4 is 5.73 Å². The molecular weight excluding hydrogens is 172 g/mol. The van der Waals surface area contributed by atoms with Crippen molar-refractivity contribution in [1.29, 1.82) is 5.41 Å². The normalized spacial score (nSPS) is 9.69. The maximum Gasteiger partial charge on any atom is 0.341 e. The van der Waals surface area contributed by atoms with Crippen molar-refractivity contribution in [2.45, 2.75) is 6.92 Å². The van der Waals surface area contributed by atoms with E-state index in [0.29, 0.717) is 11.3 Å². The third kappa shape index (κ3) is 1.69. The van der Waals surface area contributed by atoms with Gasteiger partial charge < -0.3 is 14.9 Å². The third-order valence-electron chi connectivity index (χ3n) is 1.59. The van der Waals surface area contributed by atoms with Crippen LogP contribution in [-0.4, -0.2) is 18.9 Å². The number of carbonyl (C=O) groups excluding carboxylic acids is 1. The Labute approximate surface area is 75.0 Å². The summed E-state index contributed by atoms with van der Waals surface area (Å²) in [6, 6.07) is 1.39. The van der Waals surface area contributed by atoms with Gasteiger partial charge in [-0.25, -0.2) is 4.79 Å². The first-order valence-corrected chi connectivity index (χ1v) is 3.59. The summed E-state index contributed by atoms with van der Waals surface area (Å²) in [6.07, 6.45) is 0. The molecule has 0 amide bonds. The number of nitrogen functional groups attached to an aromatic ring is 1. The molecular formula is C8H10N2O3. The van der Waals surface area contributed by atoms with Crippen molar-refractivity contribution in [3.8, 4) is 0 Å². The molecule has 0 aliphatic rings. The minimum Gasteiger partial charge on any atom is -0.465 e. The van der Waals surface area contributed by atoms with E-state index in [1.165, 1.54) is 13.2 Å². The SMILES string of the molecule is COC(=O)c1cc(C(=N)N)oc1C. The van der Waals surface area contributed by atoms with Crippen molar-refractivity contribution >= 4 is 11.8 Å². The fraction of sp³-hybridized carbons (Fsp3) is 0.250. The van der Waals surface area contributed by atoms with Crippen molar-refractivity contribution in [3.05, 3.63) is 23.2 Å². The molecule has 3 N–H and O–H groups in total. The lowest BCUT2D eigenvalue weighted by molar-refractivity contribution is 0.0599. The highest BCUT2D eigenvalue weighted by atomic mass is 16.5. The summed E-state index contributed by atoms with van der Waals surface area (Å²) in [4.78, 5) is 11.1. The third-order valence-corrected chi connectivity index (χ3v) is 1.59. The summed E-state index contributed by atoms with van der Waals surface area (Å²) in [7, 11) is 1.28. The Kier molecular flexibility index (Phi) is 2.36. The molecule has 0 spiro atoms. The minimum absolute atomic E-state index is 0.179. The quantitative estimate of drug-likeness (QED) is 0.399. The van der Waals surface area contributed by atoms with Gasteiger partial charge in [0, 0.05) is 6.07 Å². The van der Waals surface area contributed by atoms with Crippen LogP contribution in [0.25, 0.3) is 0 Å². The number of nitrogens with one attached hydrogen (secondary N) is 1. The molecule has 70 valence electrons. The maximum atomic E-state index is 11.1. The Hall–Kier alpha value is -1.78. The molecule has 0 saturated carbocycles. The lowest BCUT2D eigenvalue weighted by Gasteiger charge is -1.93. The van der Waals surface area contributed by atoms with Crippen LogP contribution in [0.4, 0.5) is 0 Å². The van der Waals surface area contributed by atoms with Gasteiger partial charge in [0.25, 0.3) is 0 Å². The van der Waals surface area contributed by atoms with Gasteiger partial charge in [-0.2, -0.15) is 0 Å². The lowest BCUT2D eigenvalue weighted by Crippen LogP contribution is -2.09. The number of amidine groups is 1. The number of furan rings is 1. The van der Waals surface area contributed by atoms with Crippen LogP contribution in [0.15, 0.2) is 10.5 Å². The van der Waals surface area contributed by atoms with Gasteiger partial charge in [-0.1, -0.05) is 0 Å². The Morgan fingerprint density at radius 1 is 1.69 bits per heavy atom. The molecule has 0 saturated heterocycles. The van der Waals surface area contributed by atoms with Crippen molar-refractivity contribution in [2.24, 2.45) is 5.73 Å². The second kappa shape index (κ2) is 3.30. The molecule has 1 heterocycles. The highest BCUT2D eigenvalue weighted by Gasteiger charge is 2.16. The number of ether oxygens (including phenoxy) is 1. The van der Waals surface area contributed by atoms with Crippen LogP contribution in [0.5, 0.6) is 0 Å². The number of esters is 1. The number of hydrogen-bond acceptors (Lipinski definition) is 4. The monoisotopic (exact) mass is 182 g/mol. The predicted molar refractivity (Wildman–Crippen MR) is 45.8 cm³/mol. The number of aryl methyl sites for hydroxylation is 1. The van der Waals surface area contributed by atoms with E-state index >= 15 is 0 Å². The average molecular weight is 182 g/mol. The topological polar surface area (TPSA) is 89.3 Å². The molecule has 5 heteroatoms. The van der Waals surface area contributed by atoms with Crippen molar-refractivity contribution in [2.75, 3.05) is 7.11 Å². The van der Waals surface area contributed by atoms with E-state index in [9.17, 15) is 4.79 Å². The molecule has 0 fully saturated rings. The van der Waals surface area contributed by atoms with Crippen molar-refractivity contribution in [1.82, 2.24) is 0 Å². The van der Waals surface area contributed by atoms with Crippen LogP contribution in [0.1, 0.15) is 21.9 Å². The molecule has 0 aliphatic heterocycles. The number of nitrogens with two attached hydrogens (primary N) is 1. The summed E-state index contributed by atoms with van der Waals surface area (Å²) in [6.45, 7) is 1.61. The molecule has 0 bridgehead atoms. The fourth-order valence-electron chi connectivity index (χ4n) is 0.927. The Morgan fingerprint density at radius 2 is 2.31 bits per heavy atom. The number of carbonyl (C=O) groups is 1. The highest BCUT2D eigenvalue weighted by molar-refractivity contribution is 5.97. The lowest BCUT2D eigenvalue weighted by atomic mass is 10.2. The van der Waals surface area contributed by atoms with E-state index in [-0.39, 0.29) is 11.6 Å². The number of rotatable bonds is 2. The predicted octanol–water partition coefficient (Wildman–Crippen LogP) is 0.659. The molecule has 5 nitrogen and oxygen atoms in total. The maximum absolute atomic E-state index is 11.1. The van der Waals surface area contributed by atoms with Crippen LogP contribution in [0.2, 0.25) is 0 Å². The van der Waals surface area contributed by atoms with Gasteiger partial charge in [-0.3, -0.25) is 5.41 Å². The van der Waals surface area contributed by atoms with Crippen LogP contribution in [0, 0.1) is 12.3 Å². The van der Waals surface area contributed by atoms with Gasteiger partial charge in [0.2, 0.25) is 0 Å². The zero-order valence-corrected chi connectivity index (χ0v) is 7.38. The summed E-state index contributed by atoms with van der Waals surface area (Å²) in [5.41, 5.74) is 5.47. The van der Waals surface area contributed by atoms with Gasteiger partial charge in [0.1, 0.15) is 11.3 Å². The molecule has 0 radical (unpaired) electrons. The van der Waals surface area contributed by atoms with E-state index in [1.807, 2.05) is 0 Å². The van der Waals surface area contributed by atoms with Gasteiger partial charge in [-0.05, 0) is 6.92 Å². The van der Waals surface area contributed by atoms with E-state index in [4.69, 9.17) is 15.6 Å². The minimum atomic E-state index is -0.492. The van der Waals surface area contributed by atoms with Crippen LogP contribution in [0.3, 0.4) is 0 Å². The van der Waals surface area contributed by atoms with Gasteiger partial charge >= 0.3 is 5.97 Å². The van der Waals surface area contributed by atoms with Crippen LogP contribution in [-0.2, 0) is 4.74 Å². The first-order valence-electron chi connectivity index (χ1n) is 3.59.